The molecule has 0 aliphatic heterocycles. The van der Waals surface area contributed by atoms with Crippen molar-refractivity contribution in [3.63, 3.8) is 0 Å². The standard InChI is InChI=1S/C15H19N3OS/c1-2-18-13-5-4-12(9-11(13)3-6-15(18)19)17-10-14-16-7-8-20-14/h3,6-8,12,17H,2,4-5,9-10H2,1H3. The fourth-order valence-corrected chi connectivity index (χ4v) is 3.48. The fraction of sp³-hybridized carbons (Fsp3) is 0.467. The molecular weight excluding hydrogens is 270 g/mol. The Labute approximate surface area is 122 Å². The summed E-state index contributed by atoms with van der Waals surface area (Å²) in [5, 5.41) is 6.72. The minimum absolute atomic E-state index is 0.125. The van der Waals surface area contributed by atoms with Gasteiger partial charge in [-0.25, -0.2) is 4.98 Å². The van der Waals surface area contributed by atoms with Crippen LogP contribution in [0.25, 0.3) is 0 Å². The predicted octanol–water partition coefficient (Wildman–Crippen LogP) is 1.97. The summed E-state index contributed by atoms with van der Waals surface area (Å²) >= 11 is 1.69. The quantitative estimate of drug-likeness (QED) is 0.936. The third kappa shape index (κ3) is 2.69. The van der Waals surface area contributed by atoms with E-state index in [9.17, 15) is 4.79 Å². The van der Waals surface area contributed by atoms with Gasteiger partial charge in [-0.1, -0.05) is 6.07 Å². The Hall–Kier alpha value is -1.46. The van der Waals surface area contributed by atoms with Gasteiger partial charge in [0.1, 0.15) is 5.01 Å². The number of nitrogens with one attached hydrogen (secondary N) is 1. The summed E-state index contributed by atoms with van der Waals surface area (Å²) in [6, 6.07) is 4.18. The van der Waals surface area contributed by atoms with Crippen molar-refractivity contribution in [1.82, 2.24) is 14.9 Å². The Bertz CT molecular complexity index is 633. The zero-order valence-corrected chi connectivity index (χ0v) is 12.4. The molecule has 2 aromatic heterocycles. The maximum Gasteiger partial charge on any atom is 0.250 e. The van der Waals surface area contributed by atoms with E-state index in [2.05, 4.69) is 10.3 Å². The molecule has 4 nitrogen and oxygen atoms in total. The minimum atomic E-state index is 0.125. The highest BCUT2D eigenvalue weighted by molar-refractivity contribution is 7.09. The molecule has 3 rings (SSSR count). The van der Waals surface area contributed by atoms with Crippen LogP contribution in [0.4, 0.5) is 0 Å². The van der Waals surface area contributed by atoms with Gasteiger partial charge in [-0.2, -0.15) is 0 Å². The molecule has 0 saturated carbocycles. The van der Waals surface area contributed by atoms with E-state index in [1.54, 1.807) is 17.4 Å². The third-order valence-corrected chi connectivity index (χ3v) is 4.71. The first-order valence-electron chi connectivity index (χ1n) is 7.11. The maximum atomic E-state index is 11.8. The van der Waals surface area contributed by atoms with Crippen molar-refractivity contribution in [2.24, 2.45) is 0 Å². The Kier molecular flexibility index (Phi) is 3.98. The zero-order chi connectivity index (χ0) is 13.9. The van der Waals surface area contributed by atoms with Crippen LogP contribution in [0.2, 0.25) is 0 Å². The Morgan fingerprint density at radius 3 is 3.15 bits per heavy atom. The van der Waals surface area contributed by atoms with Crippen LogP contribution in [0.15, 0.2) is 28.5 Å². The van der Waals surface area contributed by atoms with E-state index in [4.69, 9.17) is 0 Å². The average Bonchev–Trinajstić information content (AvgIpc) is 2.98. The van der Waals surface area contributed by atoms with Crippen LogP contribution in [0, 0.1) is 0 Å². The SMILES string of the molecule is CCn1c2c(ccc1=O)CC(NCc1nccs1)CC2. The Morgan fingerprint density at radius 2 is 2.40 bits per heavy atom. The van der Waals surface area contributed by atoms with E-state index in [0.717, 1.165) is 37.4 Å². The number of pyridine rings is 1. The molecule has 1 aliphatic rings. The first kappa shape index (κ1) is 13.5. The molecule has 0 saturated heterocycles. The number of aromatic nitrogens is 2. The lowest BCUT2D eigenvalue weighted by Gasteiger charge is -2.27. The highest BCUT2D eigenvalue weighted by Gasteiger charge is 2.20. The van der Waals surface area contributed by atoms with Crippen molar-refractivity contribution in [2.45, 2.75) is 45.3 Å². The van der Waals surface area contributed by atoms with Gasteiger partial charge in [0.15, 0.2) is 0 Å². The average molecular weight is 289 g/mol. The number of nitrogens with zero attached hydrogens (tertiary/aromatic N) is 2. The van der Waals surface area contributed by atoms with E-state index >= 15 is 0 Å². The second-order valence-electron chi connectivity index (χ2n) is 5.13. The van der Waals surface area contributed by atoms with Gasteiger partial charge in [0, 0.05) is 42.5 Å². The molecule has 106 valence electrons. The summed E-state index contributed by atoms with van der Waals surface area (Å²) in [6.45, 7) is 3.64. The van der Waals surface area contributed by atoms with E-state index in [1.165, 1.54) is 11.3 Å². The summed E-state index contributed by atoms with van der Waals surface area (Å²) in [7, 11) is 0. The number of rotatable bonds is 4. The van der Waals surface area contributed by atoms with Crippen molar-refractivity contribution in [3.05, 3.63) is 50.3 Å². The van der Waals surface area contributed by atoms with Gasteiger partial charge >= 0.3 is 0 Å². The lowest BCUT2D eigenvalue weighted by Crippen LogP contribution is -2.36. The van der Waals surface area contributed by atoms with Crippen molar-refractivity contribution in [3.8, 4) is 0 Å². The largest absolute Gasteiger partial charge is 0.313 e. The smallest absolute Gasteiger partial charge is 0.250 e. The molecule has 0 spiro atoms. The van der Waals surface area contributed by atoms with Gasteiger partial charge in [-0.3, -0.25) is 4.79 Å². The van der Waals surface area contributed by atoms with Crippen LogP contribution < -0.4 is 10.9 Å². The van der Waals surface area contributed by atoms with Crippen molar-refractivity contribution < 1.29 is 0 Å². The van der Waals surface area contributed by atoms with Crippen LogP contribution >= 0.6 is 11.3 Å². The van der Waals surface area contributed by atoms with E-state index in [-0.39, 0.29) is 5.56 Å². The lowest BCUT2D eigenvalue weighted by molar-refractivity contribution is 0.441. The van der Waals surface area contributed by atoms with Crippen LogP contribution in [0.5, 0.6) is 0 Å². The molecular formula is C15H19N3OS. The molecule has 1 aliphatic carbocycles. The van der Waals surface area contributed by atoms with Crippen LogP contribution in [-0.4, -0.2) is 15.6 Å². The van der Waals surface area contributed by atoms with Crippen LogP contribution in [0.1, 0.15) is 29.6 Å². The lowest BCUT2D eigenvalue weighted by atomic mass is 9.91. The molecule has 2 aromatic rings. The van der Waals surface area contributed by atoms with Gasteiger partial charge in [0.05, 0.1) is 0 Å². The monoisotopic (exact) mass is 289 g/mol. The number of hydrogen-bond acceptors (Lipinski definition) is 4. The first-order valence-corrected chi connectivity index (χ1v) is 7.99. The molecule has 0 bridgehead atoms. The Balaban J connectivity index is 1.71. The molecule has 1 unspecified atom stereocenters. The van der Waals surface area contributed by atoms with Crippen molar-refractivity contribution in [2.75, 3.05) is 0 Å². The van der Waals surface area contributed by atoms with Crippen LogP contribution in [0.3, 0.4) is 0 Å². The van der Waals surface area contributed by atoms with Gasteiger partial charge in [-0.05, 0) is 31.7 Å². The molecule has 1 atom stereocenters. The van der Waals surface area contributed by atoms with Gasteiger partial charge in [-0.15, -0.1) is 11.3 Å². The van der Waals surface area contributed by atoms with Gasteiger partial charge < -0.3 is 9.88 Å². The van der Waals surface area contributed by atoms with Crippen molar-refractivity contribution in [1.29, 1.82) is 0 Å². The topological polar surface area (TPSA) is 46.9 Å². The van der Waals surface area contributed by atoms with Crippen molar-refractivity contribution >= 4 is 11.3 Å². The molecule has 5 heteroatoms. The molecule has 2 heterocycles. The van der Waals surface area contributed by atoms with Gasteiger partial charge in [0.25, 0.3) is 5.56 Å². The molecule has 0 radical (unpaired) electrons. The highest BCUT2D eigenvalue weighted by Crippen LogP contribution is 2.20. The molecule has 0 amide bonds. The highest BCUT2D eigenvalue weighted by atomic mass is 32.1. The number of thiazole rings is 1. The third-order valence-electron chi connectivity index (χ3n) is 3.93. The molecule has 0 fully saturated rings. The second-order valence-corrected chi connectivity index (χ2v) is 6.11. The molecule has 20 heavy (non-hydrogen) atoms. The predicted molar refractivity (Wildman–Crippen MR) is 81.1 cm³/mol. The zero-order valence-electron chi connectivity index (χ0n) is 11.6. The summed E-state index contributed by atoms with van der Waals surface area (Å²) in [6.07, 6.45) is 4.91. The Morgan fingerprint density at radius 1 is 1.50 bits per heavy atom. The summed E-state index contributed by atoms with van der Waals surface area (Å²) in [4.78, 5) is 16.1. The summed E-state index contributed by atoms with van der Waals surface area (Å²) in [5.74, 6) is 0. The number of fused-ring (bicyclic) bond motifs is 1. The molecule has 0 aromatic carbocycles. The summed E-state index contributed by atoms with van der Waals surface area (Å²) in [5.41, 5.74) is 2.67. The van der Waals surface area contributed by atoms with E-state index in [1.807, 2.05) is 29.1 Å². The second kappa shape index (κ2) is 5.89. The van der Waals surface area contributed by atoms with E-state index in [0.29, 0.717) is 6.04 Å². The normalized spacial score (nSPS) is 17.9. The maximum absolute atomic E-state index is 11.8. The molecule has 1 N–H and O–H groups in total. The minimum Gasteiger partial charge on any atom is -0.313 e. The van der Waals surface area contributed by atoms with Gasteiger partial charge in [0.2, 0.25) is 0 Å². The first-order chi connectivity index (χ1) is 9.78. The summed E-state index contributed by atoms with van der Waals surface area (Å²) < 4.78 is 1.91. The number of hydrogen-bond donors (Lipinski definition) is 1. The van der Waals surface area contributed by atoms with Crippen LogP contribution in [-0.2, 0) is 25.9 Å². The fourth-order valence-electron chi connectivity index (χ4n) is 2.92. The van der Waals surface area contributed by atoms with E-state index < -0.39 is 0 Å².